The minimum atomic E-state index is 0.230. The number of benzene rings is 1. The average Bonchev–Trinajstić information content (AvgIpc) is 2.40. The second-order valence-electron chi connectivity index (χ2n) is 4.43. The molecule has 0 aliphatic heterocycles. The predicted molar refractivity (Wildman–Crippen MR) is 72.3 cm³/mol. The molecule has 2 aromatic rings. The molecule has 1 atom stereocenters. The highest BCUT2D eigenvalue weighted by molar-refractivity contribution is 5.27. The van der Waals surface area contributed by atoms with E-state index in [1.165, 1.54) is 5.56 Å². The minimum Gasteiger partial charge on any atom is -0.506 e. The summed E-state index contributed by atoms with van der Waals surface area (Å²) in [6.45, 7) is 4.58. The molecule has 0 spiro atoms. The Morgan fingerprint density at radius 2 is 1.89 bits per heavy atom. The minimum absolute atomic E-state index is 0.230. The van der Waals surface area contributed by atoms with Crippen molar-refractivity contribution >= 4 is 0 Å². The summed E-state index contributed by atoms with van der Waals surface area (Å²) in [5.74, 6) is 0.244. The van der Waals surface area contributed by atoms with Crippen LogP contribution in [0.2, 0.25) is 0 Å². The molecule has 0 bridgehead atoms. The van der Waals surface area contributed by atoms with Crippen molar-refractivity contribution < 1.29 is 5.11 Å². The standard InChI is InChI=1S/C15H18N2O/c1-11-8-9-15(18)14(17-11)10-16-12(2)13-6-4-3-5-7-13/h3-9,12,16,18H,10H2,1-2H3/t12-/m0/s1. The van der Waals surface area contributed by atoms with Gasteiger partial charge in [-0.25, -0.2) is 0 Å². The second kappa shape index (κ2) is 5.65. The summed E-state index contributed by atoms with van der Waals surface area (Å²) in [5, 5.41) is 13.1. The van der Waals surface area contributed by atoms with E-state index in [0.717, 1.165) is 5.69 Å². The fourth-order valence-electron chi connectivity index (χ4n) is 1.84. The molecule has 1 aromatic heterocycles. The molecular weight excluding hydrogens is 224 g/mol. The SMILES string of the molecule is Cc1ccc(O)c(CN[C@@H](C)c2ccccc2)n1. The van der Waals surface area contributed by atoms with Crippen LogP contribution in [0.4, 0.5) is 0 Å². The zero-order chi connectivity index (χ0) is 13.0. The summed E-state index contributed by atoms with van der Waals surface area (Å²) in [7, 11) is 0. The molecular formula is C15H18N2O. The summed E-state index contributed by atoms with van der Waals surface area (Å²) in [4.78, 5) is 4.33. The van der Waals surface area contributed by atoms with Crippen molar-refractivity contribution in [3.8, 4) is 5.75 Å². The van der Waals surface area contributed by atoms with Crippen LogP contribution in [0.15, 0.2) is 42.5 Å². The first-order valence-corrected chi connectivity index (χ1v) is 6.10. The van der Waals surface area contributed by atoms with E-state index in [-0.39, 0.29) is 11.8 Å². The van der Waals surface area contributed by atoms with Crippen LogP contribution in [0.25, 0.3) is 0 Å². The van der Waals surface area contributed by atoms with E-state index in [2.05, 4.69) is 29.4 Å². The first-order chi connectivity index (χ1) is 8.66. The quantitative estimate of drug-likeness (QED) is 0.866. The van der Waals surface area contributed by atoms with Gasteiger partial charge in [0.2, 0.25) is 0 Å². The third-order valence-corrected chi connectivity index (χ3v) is 2.96. The molecule has 0 fully saturated rings. The number of aromatic hydroxyl groups is 1. The van der Waals surface area contributed by atoms with Crippen LogP contribution >= 0.6 is 0 Å². The van der Waals surface area contributed by atoms with Gasteiger partial charge >= 0.3 is 0 Å². The van der Waals surface area contributed by atoms with Crippen molar-refractivity contribution in [2.24, 2.45) is 0 Å². The van der Waals surface area contributed by atoms with E-state index in [4.69, 9.17) is 0 Å². The van der Waals surface area contributed by atoms with Crippen molar-refractivity contribution in [3.05, 3.63) is 59.4 Å². The normalized spacial score (nSPS) is 12.3. The highest BCUT2D eigenvalue weighted by Crippen LogP contribution is 2.17. The molecule has 18 heavy (non-hydrogen) atoms. The Bertz CT molecular complexity index is 511. The summed E-state index contributed by atoms with van der Waals surface area (Å²) in [5.41, 5.74) is 2.83. The number of aryl methyl sites for hydroxylation is 1. The van der Waals surface area contributed by atoms with Crippen LogP contribution in [0.1, 0.15) is 29.9 Å². The number of hydrogen-bond acceptors (Lipinski definition) is 3. The van der Waals surface area contributed by atoms with Gasteiger partial charge in [0.1, 0.15) is 5.75 Å². The Morgan fingerprint density at radius 3 is 2.61 bits per heavy atom. The maximum absolute atomic E-state index is 9.72. The zero-order valence-electron chi connectivity index (χ0n) is 10.7. The summed E-state index contributed by atoms with van der Waals surface area (Å²) >= 11 is 0. The molecule has 0 saturated carbocycles. The maximum Gasteiger partial charge on any atom is 0.138 e. The summed E-state index contributed by atoms with van der Waals surface area (Å²) in [6, 6.07) is 13.9. The average molecular weight is 242 g/mol. The van der Waals surface area contributed by atoms with Crippen molar-refractivity contribution in [3.63, 3.8) is 0 Å². The smallest absolute Gasteiger partial charge is 0.138 e. The molecule has 0 unspecified atom stereocenters. The van der Waals surface area contributed by atoms with Gasteiger partial charge in [-0.15, -0.1) is 0 Å². The molecule has 94 valence electrons. The molecule has 0 saturated heterocycles. The van der Waals surface area contributed by atoms with E-state index >= 15 is 0 Å². The largest absolute Gasteiger partial charge is 0.506 e. The molecule has 0 radical (unpaired) electrons. The zero-order valence-corrected chi connectivity index (χ0v) is 10.7. The van der Waals surface area contributed by atoms with Crippen LogP contribution in [0.5, 0.6) is 5.75 Å². The Kier molecular flexibility index (Phi) is 3.95. The first-order valence-electron chi connectivity index (χ1n) is 6.10. The fourth-order valence-corrected chi connectivity index (χ4v) is 1.84. The second-order valence-corrected chi connectivity index (χ2v) is 4.43. The third-order valence-electron chi connectivity index (χ3n) is 2.96. The lowest BCUT2D eigenvalue weighted by atomic mass is 10.1. The topological polar surface area (TPSA) is 45.1 Å². The fraction of sp³-hybridized carbons (Fsp3) is 0.267. The van der Waals surface area contributed by atoms with Gasteiger partial charge in [0.15, 0.2) is 0 Å². The molecule has 0 aliphatic rings. The van der Waals surface area contributed by atoms with Crippen molar-refractivity contribution in [2.45, 2.75) is 26.4 Å². The van der Waals surface area contributed by atoms with Crippen molar-refractivity contribution in [2.75, 3.05) is 0 Å². The molecule has 1 aromatic carbocycles. The number of nitrogens with one attached hydrogen (secondary N) is 1. The molecule has 1 heterocycles. The Labute approximate surface area is 108 Å². The van der Waals surface area contributed by atoms with Crippen LogP contribution < -0.4 is 5.32 Å². The van der Waals surface area contributed by atoms with Gasteiger partial charge in [-0.05, 0) is 31.5 Å². The van der Waals surface area contributed by atoms with Gasteiger partial charge in [-0.3, -0.25) is 4.98 Å². The number of pyridine rings is 1. The lowest BCUT2D eigenvalue weighted by Crippen LogP contribution is -2.18. The first kappa shape index (κ1) is 12.6. The lowest BCUT2D eigenvalue weighted by Gasteiger charge is -2.14. The van der Waals surface area contributed by atoms with E-state index in [1.54, 1.807) is 12.1 Å². The Balaban J connectivity index is 2.01. The molecule has 0 aliphatic carbocycles. The van der Waals surface area contributed by atoms with E-state index in [0.29, 0.717) is 12.2 Å². The summed E-state index contributed by atoms with van der Waals surface area (Å²) in [6.07, 6.45) is 0. The van der Waals surface area contributed by atoms with Crippen LogP contribution in [-0.4, -0.2) is 10.1 Å². The monoisotopic (exact) mass is 242 g/mol. The highest BCUT2D eigenvalue weighted by Gasteiger charge is 2.07. The molecule has 3 heteroatoms. The lowest BCUT2D eigenvalue weighted by molar-refractivity contribution is 0.454. The molecule has 2 rings (SSSR count). The number of hydrogen-bond donors (Lipinski definition) is 2. The van der Waals surface area contributed by atoms with Gasteiger partial charge in [-0.2, -0.15) is 0 Å². The number of nitrogens with zero attached hydrogens (tertiary/aromatic N) is 1. The molecule has 3 nitrogen and oxygen atoms in total. The van der Waals surface area contributed by atoms with E-state index in [9.17, 15) is 5.11 Å². The summed E-state index contributed by atoms with van der Waals surface area (Å²) < 4.78 is 0. The molecule has 0 amide bonds. The van der Waals surface area contributed by atoms with Gasteiger partial charge < -0.3 is 10.4 Å². The number of aromatic nitrogens is 1. The third kappa shape index (κ3) is 3.08. The van der Waals surface area contributed by atoms with Gasteiger partial charge in [0.25, 0.3) is 0 Å². The maximum atomic E-state index is 9.72. The van der Waals surface area contributed by atoms with Crippen LogP contribution in [-0.2, 0) is 6.54 Å². The van der Waals surface area contributed by atoms with Crippen molar-refractivity contribution in [1.29, 1.82) is 0 Å². The predicted octanol–water partition coefficient (Wildman–Crippen LogP) is 2.95. The van der Waals surface area contributed by atoms with E-state index in [1.807, 2.05) is 25.1 Å². The van der Waals surface area contributed by atoms with E-state index < -0.39 is 0 Å². The highest BCUT2D eigenvalue weighted by atomic mass is 16.3. The Morgan fingerprint density at radius 1 is 1.17 bits per heavy atom. The molecule has 2 N–H and O–H groups in total. The van der Waals surface area contributed by atoms with Gasteiger partial charge in [0.05, 0.1) is 5.69 Å². The van der Waals surface area contributed by atoms with Gasteiger partial charge in [-0.1, -0.05) is 30.3 Å². The van der Waals surface area contributed by atoms with Crippen LogP contribution in [0, 0.1) is 6.92 Å². The van der Waals surface area contributed by atoms with Gasteiger partial charge in [0, 0.05) is 18.3 Å². The number of rotatable bonds is 4. The Hall–Kier alpha value is -1.87. The van der Waals surface area contributed by atoms with Crippen LogP contribution in [0.3, 0.4) is 0 Å². The van der Waals surface area contributed by atoms with Crippen molar-refractivity contribution in [1.82, 2.24) is 10.3 Å².